The number of phenols is 1. The molecule has 38 heavy (non-hydrogen) atoms. The number of ketones is 2. The molecule has 3 atom stereocenters. The van der Waals surface area contributed by atoms with Crippen molar-refractivity contribution in [2.75, 3.05) is 24.3 Å². The number of nitrogens with zero attached hydrogens (tertiary/aromatic N) is 1. The Morgan fingerprint density at radius 3 is 2.34 bits per heavy atom. The summed E-state index contributed by atoms with van der Waals surface area (Å²) in [7, 11) is 3.44. The maximum Gasteiger partial charge on any atom is 0.412 e. The van der Waals surface area contributed by atoms with Crippen LogP contribution in [0, 0.1) is 11.8 Å². The number of benzene rings is 1. The van der Waals surface area contributed by atoms with Gasteiger partial charge in [0.2, 0.25) is 5.78 Å². The number of carbonyl (C=O) groups excluding carboxylic acids is 4. The number of aliphatic hydroxyl groups excluding tert-OH is 2. The number of hydrogen-bond donors (Lipinski definition) is 6. The van der Waals surface area contributed by atoms with Gasteiger partial charge >= 0.3 is 6.09 Å². The van der Waals surface area contributed by atoms with Gasteiger partial charge in [-0.1, -0.05) is 0 Å². The number of primary amides is 1. The lowest BCUT2D eigenvalue weighted by Gasteiger charge is -2.46. The first kappa shape index (κ1) is 27.0. The zero-order valence-corrected chi connectivity index (χ0v) is 21.7. The largest absolute Gasteiger partial charge is 0.508 e. The van der Waals surface area contributed by atoms with Crippen LogP contribution in [0.15, 0.2) is 23.0 Å². The molecule has 0 aromatic heterocycles. The van der Waals surface area contributed by atoms with Crippen LogP contribution >= 0.6 is 0 Å². The van der Waals surface area contributed by atoms with Gasteiger partial charge in [-0.3, -0.25) is 19.7 Å². The second-order valence-corrected chi connectivity index (χ2v) is 11.1. The number of fused-ring (bicyclic) bond motifs is 3. The van der Waals surface area contributed by atoms with Crippen molar-refractivity contribution in [2.24, 2.45) is 17.6 Å². The lowest BCUT2D eigenvalue weighted by atomic mass is 9.59. The summed E-state index contributed by atoms with van der Waals surface area (Å²) in [6.45, 7) is 5.00. The molecule has 3 aliphatic rings. The van der Waals surface area contributed by atoms with Gasteiger partial charge in [0.05, 0.1) is 11.3 Å². The maximum absolute atomic E-state index is 13.7. The van der Waals surface area contributed by atoms with Gasteiger partial charge in [-0.25, -0.2) is 4.79 Å². The Hall–Kier alpha value is -4.06. The summed E-state index contributed by atoms with van der Waals surface area (Å²) in [6.07, 6.45) is -1.09. The van der Waals surface area contributed by atoms with Crippen molar-refractivity contribution in [3.63, 3.8) is 0 Å². The first-order valence-corrected chi connectivity index (χ1v) is 12.0. The molecule has 12 heteroatoms. The van der Waals surface area contributed by atoms with Crippen molar-refractivity contribution >= 4 is 40.7 Å². The number of phenolic OH excluding ortho intramolecular Hbond substituents is 1. The van der Waals surface area contributed by atoms with Gasteiger partial charge in [0.1, 0.15) is 22.7 Å². The Labute approximate surface area is 218 Å². The van der Waals surface area contributed by atoms with Gasteiger partial charge in [0, 0.05) is 37.7 Å². The normalized spacial score (nSPS) is 24.9. The Balaban J connectivity index is 1.89. The molecule has 1 fully saturated rings. The SMILES string of the molecule is CN(C)c1cc(NC(=O)OC(C)(C)C)c(O)c2c1C[C@H]1C[C@H]3CC(=O)C(C(N)=O)=C(O)[C@@]3(O)C(=O)C1=C2O. The lowest BCUT2D eigenvalue weighted by Crippen LogP contribution is -2.58. The molecule has 0 radical (unpaired) electrons. The van der Waals surface area contributed by atoms with E-state index < -0.39 is 75.9 Å². The number of anilines is 2. The summed E-state index contributed by atoms with van der Waals surface area (Å²) < 4.78 is 5.26. The predicted molar refractivity (Wildman–Crippen MR) is 136 cm³/mol. The second-order valence-electron chi connectivity index (χ2n) is 11.1. The molecule has 2 amide bonds. The summed E-state index contributed by atoms with van der Waals surface area (Å²) in [5.41, 5.74) is 1.41. The van der Waals surface area contributed by atoms with Crippen molar-refractivity contribution < 1.29 is 44.3 Å². The van der Waals surface area contributed by atoms with E-state index in [1.54, 1.807) is 39.8 Å². The third kappa shape index (κ3) is 4.05. The van der Waals surface area contributed by atoms with Crippen molar-refractivity contribution in [3.8, 4) is 5.75 Å². The zero-order valence-electron chi connectivity index (χ0n) is 21.7. The number of aliphatic hydroxyl groups is 3. The van der Waals surface area contributed by atoms with Crippen molar-refractivity contribution in [3.05, 3.63) is 34.1 Å². The molecule has 1 saturated carbocycles. The molecule has 4 rings (SSSR count). The third-order valence-corrected chi connectivity index (χ3v) is 7.16. The van der Waals surface area contributed by atoms with Crippen LogP contribution in [0.25, 0.3) is 5.76 Å². The van der Waals surface area contributed by atoms with Crippen LogP contribution in [0.2, 0.25) is 0 Å². The third-order valence-electron chi connectivity index (χ3n) is 7.16. The minimum atomic E-state index is -2.65. The van der Waals surface area contributed by atoms with E-state index in [0.29, 0.717) is 11.3 Å². The number of hydrogen-bond acceptors (Lipinski definition) is 10. The molecular weight excluding hydrogens is 498 g/mol. The van der Waals surface area contributed by atoms with Gasteiger partial charge in [0.15, 0.2) is 17.1 Å². The molecule has 204 valence electrons. The number of nitrogens with two attached hydrogens (primary N) is 1. The number of aromatic hydroxyl groups is 1. The molecule has 12 nitrogen and oxygen atoms in total. The van der Waals surface area contributed by atoms with E-state index in [9.17, 15) is 39.6 Å². The summed E-state index contributed by atoms with van der Waals surface area (Å²) in [4.78, 5) is 52.1. The van der Waals surface area contributed by atoms with E-state index in [1.807, 2.05) is 0 Å². The van der Waals surface area contributed by atoms with E-state index in [2.05, 4.69) is 5.32 Å². The quantitative estimate of drug-likeness (QED) is 0.248. The molecule has 0 bridgehead atoms. The zero-order chi connectivity index (χ0) is 28.5. The average Bonchev–Trinajstić information content (AvgIpc) is 2.76. The van der Waals surface area contributed by atoms with E-state index in [-0.39, 0.29) is 29.7 Å². The Bertz CT molecular complexity index is 1350. The van der Waals surface area contributed by atoms with Gasteiger partial charge in [-0.15, -0.1) is 0 Å². The number of ether oxygens (including phenoxy) is 1. The van der Waals surface area contributed by atoms with Crippen LogP contribution in [-0.2, 0) is 25.5 Å². The molecule has 1 aromatic rings. The van der Waals surface area contributed by atoms with Gasteiger partial charge in [-0.2, -0.15) is 0 Å². The van der Waals surface area contributed by atoms with Gasteiger partial charge in [-0.05, 0) is 51.2 Å². The Kier molecular flexibility index (Phi) is 6.22. The highest BCUT2D eigenvalue weighted by molar-refractivity contribution is 6.22. The summed E-state index contributed by atoms with van der Waals surface area (Å²) >= 11 is 0. The molecule has 0 heterocycles. The summed E-state index contributed by atoms with van der Waals surface area (Å²) in [5.74, 6) is -7.20. The van der Waals surface area contributed by atoms with E-state index in [4.69, 9.17) is 10.5 Å². The predicted octanol–water partition coefficient (Wildman–Crippen LogP) is 1.84. The molecule has 3 aliphatic carbocycles. The number of rotatable bonds is 3. The topological polar surface area (TPSA) is 200 Å². The van der Waals surface area contributed by atoms with Crippen LogP contribution in [-0.4, -0.2) is 69.3 Å². The minimum Gasteiger partial charge on any atom is -0.508 e. The molecule has 0 saturated heterocycles. The van der Waals surface area contributed by atoms with Crippen molar-refractivity contribution in [1.29, 1.82) is 0 Å². The van der Waals surface area contributed by atoms with Crippen molar-refractivity contribution in [1.82, 2.24) is 0 Å². The first-order chi connectivity index (χ1) is 17.5. The lowest BCUT2D eigenvalue weighted by molar-refractivity contribution is -0.147. The number of carbonyl (C=O) groups is 4. The van der Waals surface area contributed by atoms with Crippen LogP contribution in [0.5, 0.6) is 5.75 Å². The number of amides is 2. The van der Waals surface area contributed by atoms with Crippen LogP contribution in [0.1, 0.15) is 44.7 Å². The van der Waals surface area contributed by atoms with Gasteiger partial charge in [0.25, 0.3) is 5.91 Å². The molecule has 1 aromatic carbocycles. The Morgan fingerprint density at radius 2 is 1.79 bits per heavy atom. The molecule has 7 N–H and O–H groups in total. The fraction of sp³-hybridized carbons (Fsp3) is 0.462. The van der Waals surface area contributed by atoms with E-state index in [1.165, 1.54) is 6.07 Å². The highest BCUT2D eigenvalue weighted by Crippen LogP contribution is 2.54. The molecule has 0 aliphatic heterocycles. The summed E-state index contributed by atoms with van der Waals surface area (Å²) in [5, 5.41) is 47.0. The van der Waals surface area contributed by atoms with Crippen molar-refractivity contribution in [2.45, 2.75) is 51.2 Å². The van der Waals surface area contributed by atoms with Crippen LogP contribution in [0.4, 0.5) is 16.2 Å². The fourth-order valence-electron chi connectivity index (χ4n) is 5.58. The minimum absolute atomic E-state index is 0.0223. The van der Waals surface area contributed by atoms with E-state index in [0.717, 1.165) is 0 Å². The first-order valence-electron chi connectivity index (χ1n) is 12.0. The number of nitrogens with one attached hydrogen (secondary N) is 1. The highest BCUT2D eigenvalue weighted by atomic mass is 16.6. The number of Topliss-reactive ketones (excluding diaryl/α,β-unsaturated/α-hetero) is 2. The Morgan fingerprint density at radius 1 is 1.16 bits per heavy atom. The van der Waals surface area contributed by atoms with Crippen LogP contribution < -0.4 is 16.0 Å². The molecule has 0 unspecified atom stereocenters. The second kappa shape index (κ2) is 8.76. The average molecular weight is 530 g/mol. The maximum atomic E-state index is 13.7. The molecule has 0 spiro atoms. The smallest absolute Gasteiger partial charge is 0.412 e. The van der Waals surface area contributed by atoms with Gasteiger partial charge < -0.3 is 35.8 Å². The monoisotopic (exact) mass is 529 g/mol. The fourth-order valence-corrected chi connectivity index (χ4v) is 5.58. The van der Waals surface area contributed by atoms with Crippen LogP contribution in [0.3, 0.4) is 0 Å². The highest BCUT2D eigenvalue weighted by Gasteiger charge is 2.60. The molecular formula is C26H31N3O9. The standard InChI is InChI=1S/C26H31N3O9/c1-25(2,3)38-24(36)28-13-9-14(29(4)5)12-7-10-6-11-8-15(30)18(23(27)35)22(34)26(11,37)21(33)16(10)20(32)17(12)19(13)31/h9-11,31-32,34,37H,6-8H2,1-5H3,(H2,27,35)(H,28,36)/t10-,11+,26+/m1/s1. The summed E-state index contributed by atoms with van der Waals surface area (Å²) in [6, 6.07) is 1.51. The van der Waals surface area contributed by atoms with E-state index >= 15 is 0 Å².